The Hall–Kier alpha value is -0.930. The molecule has 1 heterocycles. The molecule has 0 aliphatic rings. The predicted octanol–water partition coefficient (Wildman–Crippen LogP) is 0.382. The minimum atomic E-state index is -0.302. The first-order valence-corrected chi connectivity index (χ1v) is 3.52. The van der Waals surface area contributed by atoms with E-state index in [1.807, 2.05) is 13.0 Å². The van der Waals surface area contributed by atoms with Gasteiger partial charge in [-0.25, -0.2) is 0 Å². The molecule has 0 fully saturated rings. The lowest BCUT2D eigenvalue weighted by molar-refractivity contribution is 0.267. The summed E-state index contributed by atoms with van der Waals surface area (Å²) in [6.07, 6.45) is 3.40. The van der Waals surface area contributed by atoms with Gasteiger partial charge in [0.25, 0.3) is 0 Å². The van der Waals surface area contributed by atoms with Gasteiger partial charge in [0.2, 0.25) is 0 Å². The van der Waals surface area contributed by atoms with E-state index in [4.69, 9.17) is 10.8 Å². The van der Waals surface area contributed by atoms with Crippen molar-refractivity contribution in [2.24, 2.45) is 5.73 Å². The maximum absolute atomic E-state index is 8.76. The molecule has 1 aromatic rings. The summed E-state index contributed by atoms with van der Waals surface area (Å²) < 4.78 is 0. The number of aliphatic hydroxyl groups is 1. The monoisotopic (exact) mass is 152 g/mol. The third-order valence-corrected chi connectivity index (χ3v) is 1.68. The molecular formula is C8H12N2O. The van der Waals surface area contributed by atoms with Gasteiger partial charge >= 0.3 is 0 Å². The van der Waals surface area contributed by atoms with Crippen molar-refractivity contribution in [1.29, 1.82) is 0 Å². The van der Waals surface area contributed by atoms with Crippen LogP contribution in [0.5, 0.6) is 0 Å². The SMILES string of the molecule is Cc1ccncc1C(N)CO. The summed E-state index contributed by atoms with van der Waals surface area (Å²) in [7, 11) is 0. The Balaban J connectivity index is 2.93. The van der Waals surface area contributed by atoms with Crippen LogP contribution in [-0.2, 0) is 0 Å². The molecule has 0 saturated carbocycles. The molecule has 11 heavy (non-hydrogen) atoms. The van der Waals surface area contributed by atoms with Crippen molar-refractivity contribution >= 4 is 0 Å². The van der Waals surface area contributed by atoms with Crippen LogP contribution in [-0.4, -0.2) is 16.7 Å². The molecule has 0 aliphatic heterocycles. The smallest absolute Gasteiger partial charge is 0.0625 e. The normalized spacial score (nSPS) is 13.0. The van der Waals surface area contributed by atoms with Gasteiger partial charge < -0.3 is 10.8 Å². The molecule has 0 aromatic carbocycles. The van der Waals surface area contributed by atoms with Gasteiger partial charge in [-0.2, -0.15) is 0 Å². The Bertz CT molecular complexity index is 237. The molecule has 0 spiro atoms. The number of aromatic nitrogens is 1. The van der Waals surface area contributed by atoms with Crippen molar-refractivity contribution in [2.75, 3.05) is 6.61 Å². The van der Waals surface area contributed by atoms with Crippen LogP contribution in [0.2, 0.25) is 0 Å². The van der Waals surface area contributed by atoms with E-state index in [-0.39, 0.29) is 12.6 Å². The van der Waals surface area contributed by atoms with Gasteiger partial charge in [0.15, 0.2) is 0 Å². The van der Waals surface area contributed by atoms with Crippen LogP contribution < -0.4 is 5.73 Å². The quantitative estimate of drug-likeness (QED) is 0.644. The van der Waals surface area contributed by atoms with Crippen LogP contribution in [0.1, 0.15) is 17.2 Å². The Morgan fingerprint density at radius 2 is 2.45 bits per heavy atom. The molecule has 3 heteroatoms. The molecule has 0 aliphatic carbocycles. The van der Waals surface area contributed by atoms with Gasteiger partial charge in [-0.15, -0.1) is 0 Å². The fourth-order valence-corrected chi connectivity index (χ4v) is 0.963. The number of pyridine rings is 1. The molecule has 0 bridgehead atoms. The molecule has 0 radical (unpaired) electrons. The maximum Gasteiger partial charge on any atom is 0.0625 e. The Kier molecular flexibility index (Phi) is 2.57. The summed E-state index contributed by atoms with van der Waals surface area (Å²) >= 11 is 0. The average molecular weight is 152 g/mol. The topological polar surface area (TPSA) is 59.1 Å². The first-order chi connectivity index (χ1) is 5.25. The largest absolute Gasteiger partial charge is 0.394 e. The number of rotatable bonds is 2. The standard InChI is InChI=1S/C8H12N2O/c1-6-2-3-10-4-7(6)8(9)5-11/h2-4,8,11H,5,9H2,1H3. The summed E-state index contributed by atoms with van der Waals surface area (Å²) in [5, 5.41) is 8.76. The molecule has 3 nitrogen and oxygen atoms in total. The second-order valence-corrected chi connectivity index (χ2v) is 2.52. The van der Waals surface area contributed by atoms with E-state index >= 15 is 0 Å². The molecule has 1 unspecified atom stereocenters. The van der Waals surface area contributed by atoms with Gasteiger partial charge in [0.1, 0.15) is 0 Å². The fourth-order valence-electron chi connectivity index (χ4n) is 0.963. The average Bonchev–Trinajstić information content (AvgIpc) is 2.04. The van der Waals surface area contributed by atoms with Crippen molar-refractivity contribution in [3.63, 3.8) is 0 Å². The third kappa shape index (κ3) is 1.76. The number of nitrogens with zero attached hydrogens (tertiary/aromatic N) is 1. The third-order valence-electron chi connectivity index (χ3n) is 1.68. The summed E-state index contributed by atoms with van der Waals surface area (Å²) in [4.78, 5) is 3.92. The van der Waals surface area contributed by atoms with Gasteiger partial charge in [-0.05, 0) is 24.1 Å². The van der Waals surface area contributed by atoms with Gasteiger partial charge in [-0.3, -0.25) is 4.98 Å². The van der Waals surface area contributed by atoms with Crippen molar-refractivity contribution in [1.82, 2.24) is 4.98 Å². The first-order valence-electron chi connectivity index (χ1n) is 3.52. The highest BCUT2D eigenvalue weighted by Crippen LogP contribution is 2.12. The lowest BCUT2D eigenvalue weighted by Gasteiger charge is -2.09. The first kappa shape index (κ1) is 8.17. The number of aliphatic hydroxyl groups excluding tert-OH is 1. The van der Waals surface area contributed by atoms with Gasteiger partial charge in [0, 0.05) is 12.4 Å². The summed E-state index contributed by atoms with van der Waals surface area (Å²) in [6, 6.07) is 1.58. The Morgan fingerprint density at radius 1 is 1.73 bits per heavy atom. The van der Waals surface area contributed by atoms with Crippen molar-refractivity contribution < 1.29 is 5.11 Å². The lowest BCUT2D eigenvalue weighted by Crippen LogP contribution is -2.15. The fraction of sp³-hybridized carbons (Fsp3) is 0.375. The molecule has 1 rings (SSSR count). The van der Waals surface area contributed by atoms with E-state index in [1.165, 1.54) is 0 Å². The molecule has 60 valence electrons. The number of aryl methyl sites for hydroxylation is 1. The van der Waals surface area contributed by atoms with E-state index in [0.717, 1.165) is 11.1 Å². The van der Waals surface area contributed by atoms with Crippen LogP contribution in [0.25, 0.3) is 0 Å². The molecule has 0 amide bonds. The van der Waals surface area contributed by atoms with E-state index in [2.05, 4.69) is 4.98 Å². The van der Waals surface area contributed by atoms with Crippen LogP contribution in [0, 0.1) is 6.92 Å². The molecule has 3 N–H and O–H groups in total. The Morgan fingerprint density at radius 3 is 3.00 bits per heavy atom. The lowest BCUT2D eigenvalue weighted by atomic mass is 10.1. The Labute approximate surface area is 65.9 Å². The minimum absolute atomic E-state index is 0.0352. The second kappa shape index (κ2) is 3.46. The molecule has 0 saturated heterocycles. The number of nitrogens with two attached hydrogens (primary N) is 1. The summed E-state index contributed by atoms with van der Waals surface area (Å²) in [6.45, 7) is 1.92. The zero-order chi connectivity index (χ0) is 8.27. The van der Waals surface area contributed by atoms with Crippen LogP contribution in [0.3, 0.4) is 0 Å². The van der Waals surface area contributed by atoms with Crippen LogP contribution in [0.15, 0.2) is 18.5 Å². The maximum atomic E-state index is 8.76. The summed E-state index contributed by atoms with van der Waals surface area (Å²) in [5.74, 6) is 0. The minimum Gasteiger partial charge on any atom is -0.394 e. The van der Waals surface area contributed by atoms with Crippen molar-refractivity contribution in [2.45, 2.75) is 13.0 Å². The van der Waals surface area contributed by atoms with Gasteiger partial charge in [0.05, 0.1) is 12.6 Å². The zero-order valence-corrected chi connectivity index (χ0v) is 6.49. The van der Waals surface area contributed by atoms with E-state index in [1.54, 1.807) is 12.4 Å². The predicted molar refractivity (Wildman–Crippen MR) is 43.0 cm³/mol. The van der Waals surface area contributed by atoms with E-state index in [0.29, 0.717) is 0 Å². The highest BCUT2D eigenvalue weighted by atomic mass is 16.3. The highest BCUT2D eigenvalue weighted by molar-refractivity contribution is 5.24. The van der Waals surface area contributed by atoms with Gasteiger partial charge in [-0.1, -0.05) is 0 Å². The van der Waals surface area contributed by atoms with Crippen molar-refractivity contribution in [3.8, 4) is 0 Å². The zero-order valence-electron chi connectivity index (χ0n) is 6.49. The molecular weight excluding hydrogens is 140 g/mol. The van der Waals surface area contributed by atoms with E-state index in [9.17, 15) is 0 Å². The van der Waals surface area contributed by atoms with Crippen LogP contribution in [0.4, 0.5) is 0 Å². The number of hydrogen-bond donors (Lipinski definition) is 2. The summed E-state index contributed by atoms with van der Waals surface area (Å²) in [5.41, 5.74) is 7.59. The van der Waals surface area contributed by atoms with E-state index < -0.39 is 0 Å². The van der Waals surface area contributed by atoms with Crippen LogP contribution >= 0.6 is 0 Å². The second-order valence-electron chi connectivity index (χ2n) is 2.52. The highest BCUT2D eigenvalue weighted by Gasteiger charge is 2.05. The van der Waals surface area contributed by atoms with Crippen molar-refractivity contribution in [3.05, 3.63) is 29.6 Å². The molecule has 1 atom stereocenters. The number of hydrogen-bond acceptors (Lipinski definition) is 3. The molecule has 1 aromatic heterocycles.